The van der Waals surface area contributed by atoms with Crippen molar-refractivity contribution >= 4 is 17.1 Å². The molecule has 102 valence electrons. The largest absolute Gasteiger partial charge is 0.342 e. The van der Waals surface area contributed by atoms with Crippen LogP contribution in [0.15, 0.2) is 9.59 Å². The molecule has 0 bridgehead atoms. The normalized spacial score (nSPS) is 18.9. The van der Waals surface area contributed by atoms with Crippen LogP contribution in [-0.2, 0) is 13.6 Å². The quantitative estimate of drug-likeness (QED) is 0.779. The number of imidazole rings is 1. The zero-order chi connectivity index (χ0) is 13.7. The lowest BCUT2D eigenvalue weighted by Crippen LogP contribution is -2.37. The minimum atomic E-state index is -0.427. The van der Waals surface area contributed by atoms with Crippen LogP contribution in [0.3, 0.4) is 0 Å². The number of hydrogen-bond acceptors (Lipinski definition) is 4. The second-order valence-electron chi connectivity index (χ2n) is 5.16. The number of aromatic amines is 1. The van der Waals surface area contributed by atoms with E-state index in [-0.39, 0.29) is 5.56 Å². The number of rotatable bonds is 1. The van der Waals surface area contributed by atoms with Gasteiger partial charge in [-0.15, -0.1) is 0 Å². The number of nitrogens with zero attached hydrogens (tertiary/aromatic N) is 4. The first kappa shape index (κ1) is 12.0. The molecule has 7 heteroatoms. The second kappa shape index (κ2) is 3.97. The average Bonchev–Trinajstić information content (AvgIpc) is 2.74. The van der Waals surface area contributed by atoms with Crippen LogP contribution in [0.2, 0.25) is 0 Å². The van der Waals surface area contributed by atoms with E-state index >= 15 is 0 Å². The van der Waals surface area contributed by atoms with Gasteiger partial charge in [0.15, 0.2) is 11.2 Å². The van der Waals surface area contributed by atoms with Gasteiger partial charge in [0.1, 0.15) is 0 Å². The molecule has 0 unspecified atom stereocenters. The van der Waals surface area contributed by atoms with Crippen LogP contribution < -0.4 is 16.1 Å². The van der Waals surface area contributed by atoms with Crippen LogP contribution in [0.4, 0.5) is 5.95 Å². The summed E-state index contributed by atoms with van der Waals surface area (Å²) in [6.45, 7) is 6.72. The van der Waals surface area contributed by atoms with Gasteiger partial charge < -0.3 is 9.47 Å². The lowest BCUT2D eigenvalue weighted by molar-refractivity contribution is 0.440. The maximum absolute atomic E-state index is 12.0. The van der Waals surface area contributed by atoms with Crippen molar-refractivity contribution in [2.45, 2.75) is 20.4 Å². The number of anilines is 1. The van der Waals surface area contributed by atoms with E-state index < -0.39 is 5.69 Å². The van der Waals surface area contributed by atoms with Crippen LogP contribution >= 0.6 is 0 Å². The summed E-state index contributed by atoms with van der Waals surface area (Å²) in [6, 6.07) is 0. The first-order chi connectivity index (χ1) is 9.02. The van der Waals surface area contributed by atoms with Gasteiger partial charge in [0.2, 0.25) is 5.95 Å². The molecule has 1 N–H and O–H groups in total. The van der Waals surface area contributed by atoms with E-state index in [1.807, 2.05) is 4.57 Å². The van der Waals surface area contributed by atoms with E-state index in [0.29, 0.717) is 17.1 Å². The lowest BCUT2D eigenvalue weighted by Gasteiger charge is -2.31. The minimum absolute atomic E-state index is 0.359. The second-order valence-corrected chi connectivity index (χ2v) is 5.16. The van der Waals surface area contributed by atoms with Gasteiger partial charge in [0.25, 0.3) is 5.56 Å². The first-order valence-electron chi connectivity index (χ1n) is 6.47. The van der Waals surface area contributed by atoms with E-state index in [0.717, 1.165) is 25.6 Å². The summed E-state index contributed by atoms with van der Waals surface area (Å²) in [7, 11) is 1.62. The van der Waals surface area contributed by atoms with Gasteiger partial charge in [-0.3, -0.25) is 14.3 Å². The molecule has 0 aromatic carbocycles. The van der Waals surface area contributed by atoms with Crippen molar-refractivity contribution in [3.63, 3.8) is 0 Å². The fraction of sp³-hybridized carbons (Fsp3) is 0.583. The van der Waals surface area contributed by atoms with E-state index in [9.17, 15) is 9.59 Å². The van der Waals surface area contributed by atoms with Crippen LogP contribution in [0.25, 0.3) is 11.2 Å². The monoisotopic (exact) mass is 263 g/mol. The standard InChI is InChI=1S/C12H17N5O2/c1-4-16-5-7(2)6-17-8-9(13-11(16)17)15(3)12(19)14-10(8)18/h7H,4-6H2,1-3H3,(H,14,18,19)/t7-/m1/s1. The summed E-state index contributed by atoms with van der Waals surface area (Å²) in [5.74, 6) is 1.23. The maximum Gasteiger partial charge on any atom is 0.329 e. The Labute approximate surface area is 109 Å². The Hall–Kier alpha value is -2.05. The summed E-state index contributed by atoms with van der Waals surface area (Å²) in [5, 5.41) is 0. The van der Waals surface area contributed by atoms with Gasteiger partial charge in [-0.2, -0.15) is 4.98 Å². The Morgan fingerprint density at radius 1 is 1.37 bits per heavy atom. The van der Waals surface area contributed by atoms with Crippen LogP contribution in [0, 0.1) is 5.92 Å². The molecule has 0 spiro atoms. The third kappa shape index (κ3) is 1.61. The molecule has 0 aliphatic carbocycles. The fourth-order valence-corrected chi connectivity index (χ4v) is 2.74. The SMILES string of the molecule is CCN1C[C@@H](C)Cn2c1nc1c2c(=O)[nH]c(=O)n1C. The molecule has 0 amide bonds. The van der Waals surface area contributed by atoms with E-state index in [1.165, 1.54) is 4.57 Å². The van der Waals surface area contributed by atoms with E-state index in [1.54, 1.807) is 7.05 Å². The molecule has 1 atom stereocenters. The third-order valence-electron chi connectivity index (χ3n) is 3.68. The predicted molar refractivity (Wildman–Crippen MR) is 72.6 cm³/mol. The molecule has 1 aliphatic heterocycles. The number of hydrogen-bond donors (Lipinski definition) is 1. The topological polar surface area (TPSA) is 75.9 Å². The highest BCUT2D eigenvalue weighted by molar-refractivity contribution is 5.74. The number of aryl methyl sites for hydroxylation is 1. The van der Waals surface area contributed by atoms with E-state index in [2.05, 4.69) is 28.7 Å². The fourth-order valence-electron chi connectivity index (χ4n) is 2.74. The summed E-state index contributed by atoms with van der Waals surface area (Å²) in [6.07, 6.45) is 0. The molecule has 7 nitrogen and oxygen atoms in total. The highest BCUT2D eigenvalue weighted by Gasteiger charge is 2.26. The molecular weight excluding hydrogens is 246 g/mol. The molecule has 3 heterocycles. The van der Waals surface area contributed by atoms with Gasteiger partial charge in [0.05, 0.1) is 0 Å². The van der Waals surface area contributed by atoms with Gasteiger partial charge >= 0.3 is 5.69 Å². The molecule has 0 radical (unpaired) electrons. The zero-order valence-electron chi connectivity index (χ0n) is 11.3. The Morgan fingerprint density at radius 3 is 2.79 bits per heavy atom. The Morgan fingerprint density at radius 2 is 2.11 bits per heavy atom. The molecule has 0 saturated heterocycles. The Balaban J connectivity index is 2.41. The average molecular weight is 263 g/mol. The van der Waals surface area contributed by atoms with Crippen LogP contribution in [-0.4, -0.2) is 32.2 Å². The molecule has 2 aromatic heterocycles. The molecule has 19 heavy (non-hydrogen) atoms. The highest BCUT2D eigenvalue weighted by atomic mass is 16.2. The first-order valence-corrected chi connectivity index (χ1v) is 6.47. The van der Waals surface area contributed by atoms with Crippen molar-refractivity contribution in [1.29, 1.82) is 0 Å². The smallest absolute Gasteiger partial charge is 0.329 e. The van der Waals surface area contributed by atoms with Crippen molar-refractivity contribution in [3.05, 3.63) is 20.8 Å². The van der Waals surface area contributed by atoms with Crippen molar-refractivity contribution in [2.24, 2.45) is 13.0 Å². The summed E-state index contributed by atoms with van der Waals surface area (Å²) < 4.78 is 3.31. The van der Waals surface area contributed by atoms with Crippen molar-refractivity contribution in [2.75, 3.05) is 18.0 Å². The number of H-pyrrole nitrogens is 1. The lowest BCUT2D eigenvalue weighted by atomic mass is 10.1. The molecule has 0 saturated carbocycles. The predicted octanol–water partition coefficient (Wildman–Crippen LogP) is -0.101. The number of nitrogens with one attached hydrogen (secondary N) is 1. The number of fused-ring (bicyclic) bond motifs is 3. The Kier molecular flexibility index (Phi) is 2.51. The number of aromatic nitrogens is 4. The third-order valence-corrected chi connectivity index (χ3v) is 3.68. The van der Waals surface area contributed by atoms with Gasteiger partial charge in [-0.1, -0.05) is 6.92 Å². The zero-order valence-corrected chi connectivity index (χ0v) is 11.3. The van der Waals surface area contributed by atoms with Crippen molar-refractivity contribution in [1.82, 2.24) is 19.1 Å². The molecular formula is C12H17N5O2. The van der Waals surface area contributed by atoms with Gasteiger partial charge in [0, 0.05) is 26.7 Å². The molecule has 0 fully saturated rings. The molecule has 1 aliphatic rings. The van der Waals surface area contributed by atoms with Crippen LogP contribution in [0.1, 0.15) is 13.8 Å². The van der Waals surface area contributed by atoms with E-state index in [4.69, 9.17) is 0 Å². The summed E-state index contributed by atoms with van der Waals surface area (Å²) >= 11 is 0. The van der Waals surface area contributed by atoms with Gasteiger partial charge in [-0.05, 0) is 12.8 Å². The van der Waals surface area contributed by atoms with Crippen molar-refractivity contribution < 1.29 is 0 Å². The summed E-state index contributed by atoms with van der Waals surface area (Å²) in [5.41, 5.74) is 0.157. The minimum Gasteiger partial charge on any atom is -0.342 e. The highest BCUT2D eigenvalue weighted by Crippen LogP contribution is 2.25. The van der Waals surface area contributed by atoms with Crippen LogP contribution in [0.5, 0.6) is 0 Å². The molecule has 2 aromatic rings. The Bertz CT molecular complexity index is 754. The summed E-state index contributed by atoms with van der Waals surface area (Å²) in [4.78, 5) is 32.6. The molecule has 3 rings (SSSR count). The van der Waals surface area contributed by atoms with Crippen molar-refractivity contribution in [3.8, 4) is 0 Å². The maximum atomic E-state index is 12.0. The van der Waals surface area contributed by atoms with Gasteiger partial charge in [-0.25, -0.2) is 4.79 Å².